The van der Waals surface area contributed by atoms with Crippen LogP contribution in [0.1, 0.15) is 24.2 Å². The minimum atomic E-state index is -0.849. The second kappa shape index (κ2) is 4.27. The van der Waals surface area contributed by atoms with Crippen LogP contribution < -0.4 is 11.1 Å². The van der Waals surface area contributed by atoms with Crippen LogP contribution in [0.25, 0.3) is 0 Å². The number of hydrogen-bond donors (Lipinski definition) is 3. The molecule has 5 nitrogen and oxygen atoms in total. The largest absolute Gasteiger partial charge is 0.389 e. The first-order valence-electron chi connectivity index (χ1n) is 4.60. The number of rotatable bonds is 4. The number of anilines is 1. The minimum Gasteiger partial charge on any atom is -0.389 e. The molecule has 1 aromatic heterocycles. The fourth-order valence-electron chi connectivity index (χ4n) is 1.06. The molecule has 4 N–H and O–H groups in total. The molecule has 0 fully saturated rings. The fourth-order valence-corrected chi connectivity index (χ4v) is 1.06. The van der Waals surface area contributed by atoms with Crippen molar-refractivity contribution in [3.05, 3.63) is 24.0 Å². The summed E-state index contributed by atoms with van der Waals surface area (Å²) in [5.41, 5.74) is 5.23. The lowest BCUT2D eigenvalue weighted by Crippen LogP contribution is -2.30. The van der Waals surface area contributed by atoms with Gasteiger partial charge in [-0.15, -0.1) is 0 Å². The average molecular weight is 209 g/mol. The Labute approximate surface area is 88.3 Å². The van der Waals surface area contributed by atoms with Crippen molar-refractivity contribution < 1.29 is 9.90 Å². The van der Waals surface area contributed by atoms with E-state index in [0.717, 1.165) is 0 Å². The predicted octanol–water partition coefficient (Wildman–Crippen LogP) is 0.363. The topological polar surface area (TPSA) is 88.2 Å². The van der Waals surface area contributed by atoms with E-state index in [0.29, 0.717) is 17.8 Å². The second-order valence-corrected chi connectivity index (χ2v) is 3.95. The Hall–Kier alpha value is -1.62. The van der Waals surface area contributed by atoms with Crippen molar-refractivity contribution in [3.8, 4) is 0 Å². The Morgan fingerprint density at radius 1 is 1.67 bits per heavy atom. The molecule has 0 unspecified atom stereocenters. The van der Waals surface area contributed by atoms with Gasteiger partial charge in [-0.3, -0.25) is 9.78 Å². The van der Waals surface area contributed by atoms with Crippen LogP contribution >= 0.6 is 0 Å². The number of nitrogens with two attached hydrogens (primary N) is 1. The molecule has 0 saturated carbocycles. The quantitative estimate of drug-likeness (QED) is 0.668. The molecule has 5 heteroatoms. The first-order valence-corrected chi connectivity index (χ1v) is 4.60. The van der Waals surface area contributed by atoms with E-state index < -0.39 is 11.5 Å². The highest BCUT2D eigenvalue weighted by molar-refractivity contribution is 5.98. The highest BCUT2D eigenvalue weighted by Gasteiger charge is 2.14. The molecule has 0 spiro atoms. The van der Waals surface area contributed by atoms with Crippen LogP contribution in [0.5, 0.6) is 0 Å². The summed E-state index contributed by atoms with van der Waals surface area (Å²) in [5, 5.41) is 12.5. The summed E-state index contributed by atoms with van der Waals surface area (Å²) >= 11 is 0. The molecule has 1 rings (SSSR count). The lowest BCUT2D eigenvalue weighted by atomic mass is 10.1. The lowest BCUT2D eigenvalue weighted by Gasteiger charge is -2.19. The van der Waals surface area contributed by atoms with E-state index in [4.69, 9.17) is 5.73 Å². The van der Waals surface area contributed by atoms with Gasteiger partial charge in [0.15, 0.2) is 0 Å². The number of nitrogens with one attached hydrogen (secondary N) is 1. The fraction of sp³-hybridized carbons (Fsp3) is 0.400. The van der Waals surface area contributed by atoms with Gasteiger partial charge in [-0.25, -0.2) is 0 Å². The zero-order chi connectivity index (χ0) is 11.5. The molecule has 0 bridgehead atoms. The second-order valence-electron chi connectivity index (χ2n) is 3.95. The molecule has 1 aromatic rings. The van der Waals surface area contributed by atoms with Crippen LogP contribution in [0.15, 0.2) is 18.5 Å². The maximum Gasteiger partial charge on any atom is 0.252 e. The zero-order valence-electron chi connectivity index (χ0n) is 8.82. The summed E-state index contributed by atoms with van der Waals surface area (Å²) in [6.45, 7) is 3.67. The van der Waals surface area contributed by atoms with E-state index in [-0.39, 0.29) is 0 Å². The van der Waals surface area contributed by atoms with E-state index in [1.807, 2.05) is 0 Å². The van der Waals surface area contributed by atoms with Crippen LogP contribution in [-0.2, 0) is 0 Å². The van der Waals surface area contributed by atoms with E-state index in [9.17, 15) is 9.90 Å². The standard InChI is InChI=1S/C10H15N3O2/c1-10(2,15)6-13-8-3-4-12-5-7(8)9(11)14/h3-5,15H,6H2,1-2H3,(H2,11,14)(H,12,13). The van der Waals surface area contributed by atoms with E-state index in [2.05, 4.69) is 10.3 Å². The summed E-state index contributed by atoms with van der Waals surface area (Å²) in [5.74, 6) is -0.540. The lowest BCUT2D eigenvalue weighted by molar-refractivity contribution is 0.0939. The molecular weight excluding hydrogens is 194 g/mol. The minimum absolute atomic E-state index is 0.321. The Bertz CT molecular complexity index is 358. The van der Waals surface area contributed by atoms with Gasteiger partial charge in [-0.2, -0.15) is 0 Å². The van der Waals surface area contributed by atoms with Crippen molar-refractivity contribution in [2.45, 2.75) is 19.4 Å². The average Bonchev–Trinajstić information content (AvgIpc) is 2.14. The van der Waals surface area contributed by atoms with Crippen LogP contribution in [0.4, 0.5) is 5.69 Å². The SMILES string of the molecule is CC(C)(O)CNc1ccncc1C(N)=O. The van der Waals surface area contributed by atoms with Gasteiger partial charge >= 0.3 is 0 Å². The highest BCUT2D eigenvalue weighted by atomic mass is 16.3. The van der Waals surface area contributed by atoms with Gasteiger partial charge in [0.1, 0.15) is 0 Å². The number of aromatic nitrogens is 1. The third-order valence-electron chi connectivity index (χ3n) is 1.80. The number of aliphatic hydroxyl groups is 1. The Balaban J connectivity index is 2.81. The highest BCUT2D eigenvalue weighted by Crippen LogP contribution is 2.14. The van der Waals surface area contributed by atoms with Crippen LogP contribution in [0, 0.1) is 0 Å². The Kier molecular flexibility index (Phi) is 3.26. The molecule has 1 amide bonds. The van der Waals surface area contributed by atoms with E-state index in [1.165, 1.54) is 6.20 Å². The molecule has 0 saturated heterocycles. The first kappa shape index (κ1) is 11.5. The van der Waals surface area contributed by atoms with Crippen LogP contribution in [0.2, 0.25) is 0 Å². The molecule has 15 heavy (non-hydrogen) atoms. The van der Waals surface area contributed by atoms with Gasteiger partial charge in [-0.1, -0.05) is 0 Å². The number of carbonyl (C=O) groups is 1. The van der Waals surface area contributed by atoms with Crippen molar-refractivity contribution in [3.63, 3.8) is 0 Å². The maximum atomic E-state index is 11.0. The normalized spacial score (nSPS) is 11.1. The van der Waals surface area contributed by atoms with Crippen molar-refractivity contribution in [2.75, 3.05) is 11.9 Å². The van der Waals surface area contributed by atoms with Crippen molar-refractivity contribution in [2.24, 2.45) is 5.73 Å². The van der Waals surface area contributed by atoms with Crippen molar-refractivity contribution in [1.29, 1.82) is 0 Å². The Morgan fingerprint density at radius 3 is 2.87 bits per heavy atom. The number of pyridine rings is 1. The molecule has 0 aliphatic heterocycles. The van der Waals surface area contributed by atoms with Gasteiger partial charge in [0, 0.05) is 18.9 Å². The summed E-state index contributed by atoms with van der Waals surface area (Å²) in [7, 11) is 0. The van der Waals surface area contributed by atoms with Crippen molar-refractivity contribution in [1.82, 2.24) is 4.98 Å². The van der Waals surface area contributed by atoms with E-state index in [1.54, 1.807) is 26.1 Å². The summed E-state index contributed by atoms with van der Waals surface area (Å²) in [6.07, 6.45) is 2.95. The monoisotopic (exact) mass is 209 g/mol. The third kappa shape index (κ3) is 3.55. The van der Waals surface area contributed by atoms with Crippen LogP contribution in [-0.4, -0.2) is 28.1 Å². The third-order valence-corrected chi connectivity index (χ3v) is 1.80. The number of amides is 1. The predicted molar refractivity (Wildman–Crippen MR) is 57.5 cm³/mol. The molecule has 0 radical (unpaired) electrons. The molecule has 82 valence electrons. The molecule has 0 aliphatic rings. The number of nitrogens with zero attached hydrogens (tertiary/aromatic N) is 1. The smallest absolute Gasteiger partial charge is 0.252 e. The summed E-state index contributed by atoms with van der Waals surface area (Å²) in [4.78, 5) is 14.8. The van der Waals surface area contributed by atoms with Crippen LogP contribution in [0.3, 0.4) is 0 Å². The number of hydrogen-bond acceptors (Lipinski definition) is 4. The van der Waals surface area contributed by atoms with Gasteiger partial charge in [0.25, 0.3) is 5.91 Å². The van der Waals surface area contributed by atoms with Crippen molar-refractivity contribution >= 4 is 11.6 Å². The van der Waals surface area contributed by atoms with Gasteiger partial charge in [0.05, 0.1) is 16.9 Å². The van der Waals surface area contributed by atoms with E-state index >= 15 is 0 Å². The number of primary amides is 1. The number of carbonyl (C=O) groups excluding carboxylic acids is 1. The van der Waals surface area contributed by atoms with Gasteiger partial charge < -0.3 is 16.2 Å². The molecule has 0 aromatic carbocycles. The van der Waals surface area contributed by atoms with Gasteiger partial charge in [-0.05, 0) is 19.9 Å². The Morgan fingerprint density at radius 2 is 2.33 bits per heavy atom. The maximum absolute atomic E-state index is 11.0. The molecular formula is C10H15N3O2. The van der Waals surface area contributed by atoms with Gasteiger partial charge in [0.2, 0.25) is 0 Å². The summed E-state index contributed by atoms with van der Waals surface area (Å²) in [6, 6.07) is 1.64. The zero-order valence-corrected chi connectivity index (χ0v) is 8.82. The summed E-state index contributed by atoms with van der Waals surface area (Å²) < 4.78 is 0. The molecule has 0 aliphatic carbocycles. The molecule has 1 heterocycles. The molecule has 0 atom stereocenters. The first-order chi connectivity index (χ1) is 6.90.